The number of benzene rings is 1. The van der Waals surface area contributed by atoms with Gasteiger partial charge >= 0.3 is 0 Å². The molecule has 1 heterocycles. The fourth-order valence-corrected chi connectivity index (χ4v) is 1.22. The van der Waals surface area contributed by atoms with Crippen molar-refractivity contribution in [2.24, 2.45) is 0 Å². The molecule has 0 aliphatic rings. The van der Waals surface area contributed by atoms with Crippen LogP contribution in [0.5, 0.6) is 11.6 Å². The highest BCUT2D eigenvalue weighted by molar-refractivity contribution is 5.42. The average molecular weight is 219 g/mol. The van der Waals surface area contributed by atoms with Gasteiger partial charge in [0.2, 0.25) is 0 Å². The zero-order valence-electron chi connectivity index (χ0n) is 8.64. The summed E-state index contributed by atoms with van der Waals surface area (Å²) >= 11 is 0. The summed E-state index contributed by atoms with van der Waals surface area (Å²) in [5.41, 5.74) is 6.04. The third kappa shape index (κ3) is 1.93. The van der Waals surface area contributed by atoms with E-state index < -0.39 is 5.82 Å². The zero-order valence-corrected chi connectivity index (χ0v) is 8.64. The van der Waals surface area contributed by atoms with E-state index in [4.69, 9.17) is 10.5 Å². The second-order valence-corrected chi connectivity index (χ2v) is 3.24. The highest BCUT2D eigenvalue weighted by Gasteiger charge is 2.09. The van der Waals surface area contributed by atoms with Crippen molar-refractivity contribution in [1.29, 1.82) is 0 Å². The first kappa shape index (κ1) is 10.4. The van der Waals surface area contributed by atoms with Gasteiger partial charge in [0.25, 0.3) is 5.88 Å². The van der Waals surface area contributed by atoms with E-state index in [1.54, 1.807) is 19.1 Å². The van der Waals surface area contributed by atoms with Gasteiger partial charge in [0, 0.05) is 12.4 Å². The van der Waals surface area contributed by atoms with Crippen LogP contribution in [0.1, 0.15) is 5.56 Å². The summed E-state index contributed by atoms with van der Waals surface area (Å²) in [4.78, 5) is 7.66. The van der Waals surface area contributed by atoms with Crippen molar-refractivity contribution in [3.63, 3.8) is 0 Å². The number of anilines is 1. The van der Waals surface area contributed by atoms with Crippen LogP contribution in [0.15, 0.2) is 30.6 Å². The first-order valence-corrected chi connectivity index (χ1v) is 4.68. The van der Waals surface area contributed by atoms with E-state index in [-0.39, 0.29) is 17.4 Å². The van der Waals surface area contributed by atoms with Crippen LogP contribution in [-0.4, -0.2) is 9.97 Å². The molecular weight excluding hydrogens is 209 g/mol. The zero-order chi connectivity index (χ0) is 11.5. The lowest BCUT2D eigenvalue weighted by molar-refractivity contribution is 0.426. The summed E-state index contributed by atoms with van der Waals surface area (Å²) in [6.45, 7) is 1.65. The van der Waals surface area contributed by atoms with E-state index >= 15 is 0 Å². The second-order valence-electron chi connectivity index (χ2n) is 3.24. The maximum absolute atomic E-state index is 13.6. The first-order chi connectivity index (χ1) is 7.68. The monoisotopic (exact) mass is 219 g/mol. The SMILES string of the molecule is Cc1cccc(Oc2nccnc2N)c1F. The van der Waals surface area contributed by atoms with Crippen molar-refractivity contribution in [1.82, 2.24) is 9.97 Å². The minimum Gasteiger partial charge on any atom is -0.433 e. The molecule has 0 fully saturated rings. The third-order valence-electron chi connectivity index (χ3n) is 2.05. The van der Waals surface area contributed by atoms with E-state index in [1.165, 1.54) is 18.5 Å². The van der Waals surface area contributed by atoms with Gasteiger partial charge in [-0.15, -0.1) is 0 Å². The molecule has 0 unspecified atom stereocenters. The summed E-state index contributed by atoms with van der Waals surface area (Å²) in [6, 6.07) is 4.86. The smallest absolute Gasteiger partial charge is 0.262 e. The molecule has 0 radical (unpaired) electrons. The molecule has 1 aromatic carbocycles. The van der Waals surface area contributed by atoms with Crippen LogP contribution in [0, 0.1) is 12.7 Å². The topological polar surface area (TPSA) is 61.0 Å². The Bertz CT molecular complexity index is 516. The van der Waals surface area contributed by atoms with E-state index in [1.807, 2.05) is 0 Å². The highest BCUT2D eigenvalue weighted by Crippen LogP contribution is 2.26. The molecule has 2 rings (SSSR count). The molecule has 2 N–H and O–H groups in total. The molecule has 0 aliphatic heterocycles. The first-order valence-electron chi connectivity index (χ1n) is 4.68. The number of nitrogens with two attached hydrogens (primary N) is 1. The highest BCUT2D eigenvalue weighted by atomic mass is 19.1. The molecule has 0 saturated heterocycles. The van der Waals surface area contributed by atoms with Crippen molar-refractivity contribution in [3.8, 4) is 11.6 Å². The number of nitrogen functional groups attached to an aromatic ring is 1. The molecule has 0 aliphatic carbocycles. The van der Waals surface area contributed by atoms with Crippen LogP contribution in [0.2, 0.25) is 0 Å². The Labute approximate surface area is 91.9 Å². The van der Waals surface area contributed by atoms with Crippen molar-refractivity contribution in [2.45, 2.75) is 6.92 Å². The average Bonchev–Trinajstić information content (AvgIpc) is 2.28. The number of rotatable bonds is 2. The van der Waals surface area contributed by atoms with Gasteiger partial charge in [-0.1, -0.05) is 12.1 Å². The molecule has 82 valence electrons. The summed E-state index contributed by atoms with van der Waals surface area (Å²) in [6.07, 6.45) is 2.87. The Morgan fingerprint density at radius 3 is 2.75 bits per heavy atom. The lowest BCUT2D eigenvalue weighted by Crippen LogP contribution is -1.98. The van der Waals surface area contributed by atoms with Crippen LogP contribution in [0.25, 0.3) is 0 Å². The van der Waals surface area contributed by atoms with Gasteiger partial charge in [0.15, 0.2) is 17.4 Å². The number of aromatic nitrogens is 2. The van der Waals surface area contributed by atoms with Gasteiger partial charge in [0.05, 0.1) is 0 Å². The van der Waals surface area contributed by atoms with Crippen molar-refractivity contribution in [3.05, 3.63) is 42.0 Å². The fraction of sp³-hybridized carbons (Fsp3) is 0.0909. The number of ether oxygens (including phenoxy) is 1. The quantitative estimate of drug-likeness (QED) is 0.841. The molecule has 0 atom stereocenters. The molecule has 0 amide bonds. The van der Waals surface area contributed by atoms with E-state index in [2.05, 4.69) is 9.97 Å². The number of halogens is 1. The van der Waals surface area contributed by atoms with Crippen molar-refractivity contribution in [2.75, 3.05) is 5.73 Å². The minimum absolute atomic E-state index is 0.0900. The number of aryl methyl sites for hydroxylation is 1. The maximum atomic E-state index is 13.6. The molecule has 0 bridgehead atoms. The van der Waals surface area contributed by atoms with Crippen molar-refractivity contribution < 1.29 is 9.13 Å². The van der Waals surface area contributed by atoms with E-state index in [0.29, 0.717) is 5.56 Å². The standard InChI is InChI=1S/C11H10FN3O/c1-7-3-2-4-8(9(7)12)16-11-10(13)14-5-6-15-11/h2-6H,1H3,(H2,13,14). The van der Waals surface area contributed by atoms with Gasteiger partial charge in [-0.25, -0.2) is 14.4 Å². The van der Waals surface area contributed by atoms with Crippen LogP contribution < -0.4 is 10.5 Å². The maximum Gasteiger partial charge on any atom is 0.262 e. The number of nitrogens with zero attached hydrogens (tertiary/aromatic N) is 2. The lowest BCUT2D eigenvalue weighted by atomic mass is 10.2. The lowest BCUT2D eigenvalue weighted by Gasteiger charge is -2.07. The second kappa shape index (κ2) is 4.14. The predicted molar refractivity (Wildman–Crippen MR) is 57.7 cm³/mol. The molecule has 4 nitrogen and oxygen atoms in total. The van der Waals surface area contributed by atoms with E-state index in [9.17, 15) is 4.39 Å². The molecule has 1 aromatic heterocycles. The van der Waals surface area contributed by atoms with Crippen LogP contribution in [-0.2, 0) is 0 Å². The van der Waals surface area contributed by atoms with Crippen LogP contribution >= 0.6 is 0 Å². The minimum atomic E-state index is -0.424. The molecular formula is C11H10FN3O. The van der Waals surface area contributed by atoms with Gasteiger partial charge in [-0.2, -0.15) is 0 Å². The Hall–Kier alpha value is -2.17. The molecule has 16 heavy (non-hydrogen) atoms. The summed E-state index contributed by atoms with van der Waals surface area (Å²) in [7, 11) is 0. The summed E-state index contributed by atoms with van der Waals surface area (Å²) in [5, 5.41) is 0. The molecule has 0 spiro atoms. The molecule has 0 saturated carbocycles. The third-order valence-corrected chi connectivity index (χ3v) is 2.05. The van der Waals surface area contributed by atoms with Crippen LogP contribution in [0.4, 0.5) is 10.2 Å². The Balaban J connectivity index is 2.35. The molecule has 5 heteroatoms. The predicted octanol–water partition coefficient (Wildman–Crippen LogP) is 2.30. The van der Waals surface area contributed by atoms with Gasteiger partial charge in [-0.05, 0) is 18.6 Å². The molecule has 2 aromatic rings. The van der Waals surface area contributed by atoms with Crippen LogP contribution in [0.3, 0.4) is 0 Å². The van der Waals surface area contributed by atoms with Gasteiger partial charge < -0.3 is 10.5 Å². The largest absolute Gasteiger partial charge is 0.433 e. The summed E-state index contributed by atoms with van der Waals surface area (Å²) < 4.78 is 18.9. The summed E-state index contributed by atoms with van der Waals surface area (Å²) in [5.74, 6) is -0.102. The number of hydrogen-bond donors (Lipinski definition) is 1. The number of hydrogen-bond acceptors (Lipinski definition) is 4. The van der Waals surface area contributed by atoms with Gasteiger partial charge in [0.1, 0.15) is 0 Å². The Kier molecular flexibility index (Phi) is 2.68. The van der Waals surface area contributed by atoms with Crippen molar-refractivity contribution >= 4 is 5.82 Å². The normalized spacial score (nSPS) is 10.1. The van der Waals surface area contributed by atoms with Gasteiger partial charge in [-0.3, -0.25) is 0 Å². The van der Waals surface area contributed by atoms with E-state index in [0.717, 1.165) is 0 Å². The Morgan fingerprint density at radius 2 is 2.00 bits per heavy atom. The Morgan fingerprint density at radius 1 is 1.25 bits per heavy atom. The fourth-order valence-electron chi connectivity index (χ4n) is 1.22.